The van der Waals surface area contributed by atoms with Crippen LogP contribution in [0.5, 0.6) is 0 Å². The standard InChI is InChI=1S/C11H17F3N4O/c1-7(15-2)9-16-17-10(19-9)18-5-3-4-8(6-18)11(12,13)14/h7-8,15H,3-6H2,1-2H3. The molecule has 8 heteroatoms. The molecule has 5 nitrogen and oxygen atoms in total. The first-order valence-electron chi connectivity index (χ1n) is 6.24. The van der Waals surface area contributed by atoms with Crippen LogP contribution in [0.3, 0.4) is 0 Å². The summed E-state index contributed by atoms with van der Waals surface area (Å²) in [5.41, 5.74) is 0. The van der Waals surface area contributed by atoms with E-state index in [2.05, 4.69) is 15.5 Å². The molecule has 0 spiro atoms. The molecule has 108 valence electrons. The Hall–Kier alpha value is -1.31. The summed E-state index contributed by atoms with van der Waals surface area (Å²) in [4.78, 5) is 1.51. The molecule has 2 heterocycles. The molecule has 1 aromatic rings. The first-order chi connectivity index (χ1) is 8.91. The molecule has 1 fully saturated rings. The number of nitrogens with zero attached hydrogens (tertiary/aromatic N) is 3. The zero-order valence-corrected chi connectivity index (χ0v) is 10.9. The maximum Gasteiger partial charge on any atom is 0.393 e. The van der Waals surface area contributed by atoms with Crippen LogP contribution >= 0.6 is 0 Å². The maximum atomic E-state index is 12.7. The molecule has 1 saturated heterocycles. The zero-order chi connectivity index (χ0) is 14.0. The van der Waals surface area contributed by atoms with E-state index in [4.69, 9.17) is 4.42 Å². The molecule has 1 aromatic heterocycles. The van der Waals surface area contributed by atoms with Gasteiger partial charge < -0.3 is 14.6 Å². The summed E-state index contributed by atoms with van der Waals surface area (Å²) >= 11 is 0. The van der Waals surface area contributed by atoms with E-state index in [-0.39, 0.29) is 25.0 Å². The summed E-state index contributed by atoms with van der Waals surface area (Å²) in [5.74, 6) is -0.940. The van der Waals surface area contributed by atoms with Crippen molar-refractivity contribution in [1.82, 2.24) is 15.5 Å². The largest absolute Gasteiger partial charge is 0.406 e. The van der Waals surface area contributed by atoms with Gasteiger partial charge >= 0.3 is 12.2 Å². The Morgan fingerprint density at radius 3 is 2.79 bits per heavy atom. The van der Waals surface area contributed by atoms with Crippen molar-refractivity contribution in [1.29, 1.82) is 0 Å². The van der Waals surface area contributed by atoms with E-state index in [1.54, 1.807) is 7.05 Å². The number of piperidine rings is 1. The fraction of sp³-hybridized carbons (Fsp3) is 0.818. The summed E-state index contributed by atoms with van der Waals surface area (Å²) in [5, 5.41) is 10.6. The van der Waals surface area contributed by atoms with Crippen molar-refractivity contribution in [3.05, 3.63) is 5.89 Å². The summed E-state index contributed by atoms with van der Waals surface area (Å²) in [6, 6.07) is 0.0514. The van der Waals surface area contributed by atoms with Crippen molar-refractivity contribution < 1.29 is 17.6 Å². The number of aromatic nitrogens is 2. The highest BCUT2D eigenvalue weighted by molar-refractivity contribution is 5.25. The topological polar surface area (TPSA) is 54.2 Å². The van der Waals surface area contributed by atoms with Crippen molar-refractivity contribution >= 4 is 6.01 Å². The maximum absolute atomic E-state index is 12.7. The minimum absolute atomic E-state index is 0.112. The Morgan fingerprint density at radius 2 is 2.16 bits per heavy atom. The van der Waals surface area contributed by atoms with Crippen LogP contribution < -0.4 is 10.2 Å². The second-order valence-electron chi connectivity index (χ2n) is 4.76. The van der Waals surface area contributed by atoms with Gasteiger partial charge in [0.1, 0.15) is 0 Å². The van der Waals surface area contributed by atoms with E-state index in [1.165, 1.54) is 4.90 Å². The molecular weight excluding hydrogens is 261 g/mol. The van der Waals surface area contributed by atoms with E-state index >= 15 is 0 Å². The fourth-order valence-electron chi connectivity index (χ4n) is 2.07. The van der Waals surface area contributed by atoms with Crippen LogP contribution in [0.4, 0.5) is 19.2 Å². The van der Waals surface area contributed by atoms with Gasteiger partial charge in [-0.2, -0.15) is 13.2 Å². The molecular formula is C11H17F3N4O. The third kappa shape index (κ3) is 3.17. The lowest BCUT2D eigenvalue weighted by Gasteiger charge is -2.32. The van der Waals surface area contributed by atoms with Gasteiger partial charge in [-0.25, -0.2) is 0 Å². The third-order valence-electron chi connectivity index (χ3n) is 3.39. The molecule has 1 N–H and O–H groups in total. The first-order valence-corrected chi connectivity index (χ1v) is 6.24. The number of hydrogen-bond acceptors (Lipinski definition) is 5. The van der Waals surface area contributed by atoms with Crippen LogP contribution in [-0.2, 0) is 0 Å². The lowest BCUT2D eigenvalue weighted by Crippen LogP contribution is -2.41. The van der Waals surface area contributed by atoms with Crippen molar-refractivity contribution in [3.63, 3.8) is 0 Å². The minimum Gasteiger partial charge on any atom is -0.406 e. The molecule has 0 aliphatic carbocycles. The van der Waals surface area contributed by atoms with E-state index < -0.39 is 12.1 Å². The molecule has 2 rings (SSSR count). The van der Waals surface area contributed by atoms with Gasteiger partial charge in [-0.15, -0.1) is 5.10 Å². The second-order valence-corrected chi connectivity index (χ2v) is 4.76. The van der Waals surface area contributed by atoms with E-state index in [1.807, 2.05) is 6.92 Å². The van der Waals surface area contributed by atoms with Crippen LogP contribution in [0.25, 0.3) is 0 Å². The highest BCUT2D eigenvalue weighted by atomic mass is 19.4. The minimum atomic E-state index is -4.17. The summed E-state index contributed by atoms with van der Waals surface area (Å²) in [6.07, 6.45) is -3.53. The van der Waals surface area contributed by atoms with E-state index in [0.29, 0.717) is 18.9 Å². The van der Waals surface area contributed by atoms with Crippen LogP contribution in [0, 0.1) is 5.92 Å². The number of alkyl halides is 3. The van der Waals surface area contributed by atoms with Crippen molar-refractivity contribution in [2.24, 2.45) is 5.92 Å². The third-order valence-corrected chi connectivity index (χ3v) is 3.39. The second kappa shape index (κ2) is 5.36. The Morgan fingerprint density at radius 1 is 1.42 bits per heavy atom. The van der Waals surface area contributed by atoms with Crippen LogP contribution in [0.2, 0.25) is 0 Å². The average molecular weight is 278 g/mol. The van der Waals surface area contributed by atoms with Gasteiger partial charge in [0.15, 0.2) is 0 Å². The average Bonchev–Trinajstić information content (AvgIpc) is 2.86. The number of rotatable bonds is 3. The Bertz CT molecular complexity index is 420. The Kier molecular flexibility index (Phi) is 3.98. The highest BCUT2D eigenvalue weighted by Gasteiger charge is 2.42. The summed E-state index contributed by atoms with van der Waals surface area (Å²) in [7, 11) is 1.75. The molecule has 1 aliphatic rings. The van der Waals surface area contributed by atoms with Crippen LogP contribution in [0.1, 0.15) is 31.7 Å². The zero-order valence-electron chi connectivity index (χ0n) is 10.9. The first kappa shape index (κ1) is 14.1. The Balaban J connectivity index is 2.07. The molecule has 0 saturated carbocycles. The van der Waals surface area contributed by atoms with Gasteiger partial charge in [0.05, 0.1) is 12.0 Å². The monoisotopic (exact) mass is 278 g/mol. The highest BCUT2D eigenvalue weighted by Crippen LogP contribution is 2.34. The molecule has 2 unspecified atom stereocenters. The summed E-state index contributed by atoms with van der Waals surface area (Å²) < 4.78 is 43.6. The van der Waals surface area contributed by atoms with Crippen LogP contribution in [0.15, 0.2) is 4.42 Å². The van der Waals surface area contributed by atoms with Crippen molar-refractivity contribution in [2.45, 2.75) is 32.0 Å². The van der Waals surface area contributed by atoms with Gasteiger partial charge in [-0.05, 0) is 26.8 Å². The lowest BCUT2D eigenvalue weighted by atomic mass is 9.98. The van der Waals surface area contributed by atoms with Gasteiger partial charge in [0, 0.05) is 13.1 Å². The number of nitrogens with one attached hydrogen (secondary N) is 1. The SMILES string of the molecule is CNC(C)c1nnc(N2CCCC(C(F)(F)F)C2)o1. The Labute approximate surface area is 109 Å². The van der Waals surface area contributed by atoms with Crippen LogP contribution in [-0.4, -0.2) is 36.5 Å². The molecule has 0 bridgehead atoms. The molecule has 1 aliphatic heterocycles. The van der Waals surface area contributed by atoms with E-state index in [0.717, 1.165) is 0 Å². The number of halogens is 3. The van der Waals surface area contributed by atoms with Crippen molar-refractivity contribution in [2.75, 3.05) is 25.0 Å². The van der Waals surface area contributed by atoms with Gasteiger partial charge in [0.25, 0.3) is 0 Å². The van der Waals surface area contributed by atoms with Crippen molar-refractivity contribution in [3.8, 4) is 0 Å². The quantitative estimate of drug-likeness (QED) is 0.918. The predicted molar refractivity (Wildman–Crippen MR) is 62.8 cm³/mol. The molecule has 0 amide bonds. The summed E-state index contributed by atoms with van der Waals surface area (Å²) in [6.45, 7) is 2.24. The van der Waals surface area contributed by atoms with Gasteiger partial charge in [-0.3, -0.25) is 0 Å². The molecule has 19 heavy (non-hydrogen) atoms. The predicted octanol–water partition coefficient (Wildman–Crippen LogP) is 2.13. The number of hydrogen-bond donors (Lipinski definition) is 1. The van der Waals surface area contributed by atoms with Gasteiger partial charge in [-0.1, -0.05) is 5.10 Å². The van der Waals surface area contributed by atoms with E-state index in [9.17, 15) is 13.2 Å². The normalized spacial score (nSPS) is 22.6. The fourth-order valence-corrected chi connectivity index (χ4v) is 2.07. The van der Waals surface area contributed by atoms with Gasteiger partial charge in [0.2, 0.25) is 5.89 Å². The number of anilines is 1. The smallest absolute Gasteiger partial charge is 0.393 e. The molecule has 0 radical (unpaired) electrons. The lowest BCUT2D eigenvalue weighted by molar-refractivity contribution is -0.176. The molecule has 2 atom stereocenters. The molecule has 0 aromatic carbocycles.